The molecule has 4 bridgehead atoms. The van der Waals surface area contributed by atoms with E-state index in [4.69, 9.17) is 18.9 Å². The molecule has 2 aliphatic heterocycles. The quantitative estimate of drug-likeness (QED) is 0.300. The van der Waals surface area contributed by atoms with Gasteiger partial charge in [0.15, 0.2) is 6.29 Å². The summed E-state index contributed by atoms with van der Waals surface area (Å²) < 4.78 is 22.9. The van der Waals surface area contributed by atoms with E-state index in [1.54, 1.807) is 37.3 Å². The number of ether oxygens (including phenoxy) is 4. The lowest BCUT2D eigenvalue weighted by molar-refractivity contribution is -0.394. The smallest absolute Gasteiger partial charge is 0.338 e. The molecule has 3 aliphatic carbocycles. The van der Waals surface area contributed by atoms with Crippen LogP contribution in [-0.4, -0.2) is 98.7 Å². The molecule has 5 aliphatic rings. The minimum Gasteiger partial charge on any atom is -0.461 e. The first-order valence-corrected chi connectivity index (χ1v) is 11.2. The van der Waals surface area contributed by atoms with E-state index in [2.05, 4.69) is 0 Å². The minimum atomic E-state index is -1.69. The van der Waals surface area contributed by atoms with E-state index < -0.39 is 84.5 Å². The summed E-state index contributed by atoms with van der Waals surface area (Å²) in [7, 11) is 0. The van der Waals surface area contributed by atoms with Gasteiger partial charge in [-0.3, -0.25) is 4.79 Å². The molecular formula is C23H28O11. The van der Waals surface area contributed by atoms with Crippen LogP contribution in [0, 0.1) is 11.3 Å². The van der Waals surface area contributed by atoms with Gasteiger partial charge in [-0.2, -0.15) is 0 Å². The van der Waals surface area contributed by atoms with E-state index in [0.29, 0.717) is 0 Å². The molecular weight excluding hydrogens is 452 g/mol. The first-order chi connectivity index (χ1) is 16.1. The van der Waals surface area contributed by atoms with Crippen molar-refractivity contribution >= 4 is 11.9 Å². The summed E-state index contributed by atoms with van der Waals surface area (Å²) in [6, 6.07) is 8.20. The van der Waals surface area contributed by atoms with Gasteiger partial charge in [0.05, 0.1) is 18.3 Å². The van der Waals surface area contributed by atoms with Crippen molar-refractivity contribution in [2.75, 3.05) is 13.2 Å². The van der Waals surface area contributed by atoms with Gasteiger partial charge in [-0.15, -0.1) is 0 Å². The van der Waals surface area contributed by atoms with E-state index in [-0.39, 0.29) is 18.4 Å². The van der Waals surface area contributed by atoms with E-state index in [0.717, 1.165) is 0 Å². The average Bonchev–Trinajstić information content (AvgIpc) is 2.88. The van der Waals surface area contributed by atoms with Crippen molar-refractivity contribution in [1.82, 2.24) is 0 Å². The Kier molecular flexibility index (Phi) is 5.52. The Labute approximate surface area is 194 Å². The van der Waals surface area contributed by atoms with Crippen molar-refractivity contribution in [3.05, 3.63) is 35.9 Å². The van der Waals surface area contributed by atoms with Gasteiger partial charge in [-0.25, -0.2) is 4.79 Å². The summed E-state index contributed by atoms with van der Waals surface area (Å²) in [5.74, 6) is -2.00. The van der Waals surface area contributed by atoms with Crippen molar-refractivity contribution in [3.63, 3.8) is 0 Å². The number of benzene rings is 1. The number of aliphatic hydroxyl groups excluding tert-OH is 5. The molecule has 0 radical (unpaired) electrons. The topological polar surface area (TPSA) is 172 Å². The average molecular weight is 480 g/mol. The molecule has 34 heavy (non-hydrogen) atoms. The molecule has 11 heteroatoms. The second-order valence-electron chi connectivity index (χ2n) is 9.76. The first kappa shape index (κ1) is 23.6. The summed E-state index contributed by atoms with van der Waals surface area (Å²) in [5, 5.41) is 51.0. The normalized spacial score (nSPS) is 47.0. The van der Waals surface area contributed by atoms with Crippen LogP contribution in [0.2, 0.25) is 0 Å². The monoisotopic (exact) mass is 480 g/mol. The van der Waals surface area contributed by atoms with Crippen LogP contribution in [0.3, 0.4) is 0 Å². The Balaban J connectivity index is 1.46. The molecule has 0 aromatic heterocycles. The lowest BCUT2D eigenvalue weighted by Crippen LogP contribution is -2.80. The zero-order valence-electron chi connectivity index (χ0n) is 18.4. The van der Waals surface area contributed by atoms with Crippen LogP contribution in [0.25, 0.3) is 0 Å². The largest absolute Gasteiger partial charge is 0.461 e. The third-order valence-corrected chi connectivity index (χ3v) is 8.07. The van der Waals surface area contributed by atoms with E-state index in [1.165, 1.54) is 0 Å². The maximum absolute atomic E-state index is 13.2. The summed E-state index contributed by atoms with van der Waals surface area (Å²) in [5.41, 5.74) is -4.08. The fourth-order valence-corrected chi connectivity index (χ4v) is 6.19. The Morgan fingerprint density at radius 1 is 1.09 bits per heavy atom. The van der Waals surface area contributed by atoms with Crippen molar-refractivity contribution in [1.29, 1.82) is 0 Å². The molecule has 2 saturated heterocycles. The van der Waals surface area contributed by atoms with Gasteiger partial charge < -0.3 is 44.5 Å². The molecule has 0 amide bonds. The van der Waals surface area contributed by atoms with Crippen molar-refractivity contribution in [2.45, 2.75) is 67.8 Å². The molecule has 2 heterocycles. The minimum absolute atomic E-state index is 0.0508. The summed E-state index contributed by atoms with van der Waals surface area (Å²) >= 11 is 0. The van der Waals surface area contributed by atoms with Gasteiger partial charge >= 0.3 is 11.9 Å². The van der Waals surface area contributed by atoms with Crippen LogP contribution in [0.5, 0.6) is 0 Å². The maximum atomic E-state index is 13.2. The third-order valence-electron chi connectivity index (χ3n) is 8.07. The molecule has 186 valence electrons. The van der Waals surface area contributed by atoms with E-state index in [9.17, 15) is 35.1 Å². The molecule has 1 aromatic carbocycles. The summed E-state index contributed by atoms with van der Waals surface area (Å²) in [6.07, 6.45) is -8.41. The summed E-state index contributed by atoms with van der Waals surface area (Å²) in [6.45, 7) is 0.508. The number of hydrogen-bond donors (Lipinski definition) is 5. The van der Waals surface area contributed by atoms with Crippen LogP contribution in [0.4, 0.5) is 0 Å². The van der Waals surface area contributed by atoms with Crippen molar-refractivity contribution in [3.8, 4) is 0 Å². The lowest BCUT2D eigenvalue weighted by Gasteiger charge is -2.66. The molecule has 6 rings (SSSR count). The Morgan fingerprint density at radius 3 is 2.47 bits per heavy atom. The number of carbonyl (C=O) groups excluding carboxylic acids is 2. The molecule has 5 N–H and O–H groups in total. The van der Waals surface area contributed by atoms with Crippen LogP contribution in [0.1, 0.15) is 30.1 Å². The second-order valence-corrected chi connectivity index (χ2v) is 9.76. The van der Waals surface area contributed by atoms with Gasteiger partial charge in [-0.05, 0) is 25.5 Å². The predicted octanol–water partition coefficient (Wildman–Crippen LogP) is -1.51. The van der Waals surface area contributed by atoms with Gasteiger partial charge in [0.25, 0.3) is 0 Å². The van der Waals surface area contributed by atoms with Crippen LogP contribution >= 0.6 is 0 Å². The highest BCUT2D eigenvalue weighted by Crippen LogP contribution is 2.73. The number of aliphatic hydroxyl groups is 5. The summed E-state index contributed by atoms with van der Waals surface area (Å²) in [4.78, 5) is 25.9. The molecule has 11 nitrogen and oxygen atoms in total. The van der Waals surface area contributed by atoms with Crippen LogP contribution in [-0.2, 0) is 23.7 Å². The molecule has 10 atom stereocenters. The highest BCUT2D eigenvalue weighted by Gasteiger charge is 2.88. The zero-order chi connectivity index (χ0) is 24.5. The Bertz CT molecular complexity index is 969. The van der Waals surface area contributed by atoms with E-state index in [1.807, 2.05) is 0 Å². The number of hydrogen-bond acceptors (Lipinski definition) is 11. The van der Waals surface area contributed by atoms with E-state index >= 15 is 0 Å². The maximum Gasteiger partial charge on any atom is 0.338 e. The lowest BCUT2D eigenvalue weighted by atomic mass is 9.40. The number of esters is 2. The van der Waals surface area contributed by atoms with Crippen molar-refractivity contribution < 1.29 is 54.1 Å². The molecule has 5 fully saturated rings. The highest BCUT2D eigenvalue weighted by molar-refractivity contribution is 5.90. The third kappa shape index (κ3) is 2.95. The second kappa shape index (κ2) is 7.95. The standard InChI is InChI=1S/C23H28O11/c1-21-8-13(25)12-7-23(21,33-19-17(28)16(27)15(26)14(9-24)32-19)22(12,20(30)34-21)10-31-18(29)11-5-3-2-4-6-11/h2-6,12-17,19,24-28H,7-10H2,1H3/t12?,13-,14-,15-,16+,17-,19+,21?,22?,23+/m0/s1. The molecule has 1 aromatic rings. The number of rotatable bonds is 6. The van der Waals surface area contributed by atoms with Gasteiger partial charge in [0.1, 0.15) is 47.6 Å². The number of carbonyl (C=O) groups is 2. The first-order valence-electron chi connectivity index (χ1n) is 11.2. The Hall–Kier alpha value is -2.12. The number of fused-ring (bicyclic) bond motifs is 1. The van der Waals surface area contributed by atoms with Gasteiger partial charge in [0, 0.05) is 12.3 Å². The molecule has 3 unspecified atom stereocenters. The van der Waals surface area contributed by atoms with Crippen LogP contribution < -0.4 is 0 Å². The fourth-order valence-electron chi connectivity index (χ4n) is 6.19. The van der Waals surface area contributed by atoms with Crippen LogP contribution in [0.15, 0.2) is 30.3 Å². The molecule has 0 spiro atoms. The van der Waals surface area contributed by atoms with Crippen molar-refractivity contribution in [2.24, 2.45) is 11.3 Å². The van der Waals surface area contributed by atoms with Gasteiger partial charge in [0.2, 0.25) is 0 Å². The fraction of sp³-hybridized carbons (Fsp3) is 0.652. The molecule has 3 saturated carbocycles. The predicted molar refractivity (Wildman–Crippen MR) is 110 cm³/mol. The van der Waals surface area contributed by atoms with Gasteiger partial charge in [-0.1, -0.05) is 18.2 Å². The zero-order valence-corrected chi connectivity index (χ0v) is 18.4. The Morgan fingerprint density at radius 2 is 1.79 bits per heavy atom. The SMILES string of the molecule is CC12C[C@H](O)C3C[C@]1(O[C@H]1O[C@@H](CO)[C@H](O)[C@@H](O)[C@@H]1O)C3(COC(=O)c1ccccc1)C(=O)O2. The highest BCUT2D eigenvalue weighted by atomic mass is 16.7.